The Hall–Kier alpha value is -1.88. The first-order chi connectivity index (χ1) is 8.03. The Morgan fingerprint density at radius 2 is 1.76 bits per heavy atom. The van der Waals surface area contributed by atoms with Gasteiger partial charge in [-0.25, -0.2) is 5.32 Å². The number of carbonyl (C=O) groups is 2. The average molecular weight is 235 g/mol. The molecule has 17 heavy (non-hydrogen) atoms. The standard InChI is InChI=1S/C12H13NO4/c1-8(14)16-12(17-9(2)15)11-6-4-3-5-10(11)7-13-12/h3-6,13H,7H2,1-2H3. The molecule has 0 amide bonds. The molecule has 0 atom stereocenters. The van der Waals surface area contributed by atoms with Gasteiger partial charge in [0.05, 0.1) is 5.56 Å². The van der Waals surface area contributed by atoms with Gasteiger partial charge in [0.25, 0.3) is 0 Å². The number of hydrogen-bond acceptors (Lipinski definition) is 5. The van der Waals surface area contributed by atoms with Crippen molar-refractivity contribution in [2.75, 3.05) is 0 Å². The molecule has 0 spiro atoms. The summed E-state index contributed by atoms with van der Waals surface area (Å²) in [6.07, 6.45) is 0. The molecule has 90 valence electrons. The van der Waals surface area contributed by atoms with Crippen molar-refractivity contribution in [3.63, 3.8) is 0 Å². The van der Waals surface area contributed by atoms with Crippen LogP contribution in [-0.2, 0) is 31.5 Å². The molecule has 1 aromatic carbocycles. The second kappa shape index (κ2) is 4.18. The molecule has 1 N–H and O–H groups in total. The molecule has 0 aromatic heterocycles. The highest BCUT2D eigenvalue weighted by Crippen LogP contribution is 2.33. The largest absolute Gasteiger partial charge is 0.404 e. The van der Waals surface area contributed by atoms with E-state index >= 15 is 0 Å². The lowest BCUT2D eigenvalue weighted by molar-refractivity contribution is -0.241. The fourth-order valence-electron chi connectivity index (χ4n) is 1.91. The van der Waals surface area contributed by atoms with Gasteiger partial charge >= 0.3 is 17.8 Å². The third-order valence-corrected chi connectivity index (χ3v) is 2.46. The molecular weight excluding hydrogens is 222 g/mol. The number of hydrogen-bond donors (Lipinski definition) is 1. The summed E-state index contributed by atoms with van der Waals surface area (Å²) in [7, 11) is 0. The molecule has 0 aliphatic carbocycles. The van der Waals surface area contributed by atoms with Gasteiger partial charge in [0.2, 0.25) is 0 Å². The molecule has 0 saturated heterocycles. The molecule has 0 saturated carbocycles. The number of nitrogens with one attached hydrogen (secondary N) is 1. The molecule has 0 fully saturated rings. The number of esters is 2. The number of carbonyl (C=O) groups excluding carboxylic acids is 2. The fourth-order valence-corrected chi connectivity index (χ4v) is 1.91. The van der Waals surface area contributed by atoms with Crippen LogP contribution in [0.1, 0.15) is 25.0 Å². The van der Waals surface area contributed by atoms with Crippen molar-refractivity contribution in [1.29, 1.82) is 0 Å². The summed E-state index contributed by atoms with van der Waals surface area (Å²) in [6, 6.07) is 7.32. The normalized spacial score (nSPS) is 16.1. The minimum absolute atomic E-state index is 0.483. The third kappa shape index (κ3) is 2.14. The van der Waals surface area contributed by atoms with Crippen LogP contribution in [0.5, 0.6) is 0 Å². The molecule has 1 aliphatic heterocycles. The first-order valence-electron chi connectivity index (χ1n) is 5.26. The monoisotopic (exact) mass is 235 g/mol. The first-order valence-corrected chi connectivity index (χ1v) is 5.26. The van der Waals surface area contributed by atoms with Crippen LogP contribution in [0.3, 0.4) is 0 Å². The van der Waals surface area contributed by atoms with E-state index in [0.29, 0.717) is 12.1 Å². The van der Waals surface area contributed by atoms with Gasteiger partial charge in [0.15, 0.2) is 0 Å². The Balaban J connectivity index is 2.42. The van der Waals surface area contributed by atoms with Gasteiger partial charge in [-0.05, 0) is 11.6 Å². The Labute approximate surface area is 98.7 Å². The van der Waals surface area contributed by atoms with Crippen molar-refractivity contribution in [2.45, 2.75) is 26.3 Å². The van der Waals surface area contributed by atoms with E-state index in [2.05, 4.69) is 5.32 Å². The van der Waals surface area contributed by atoms with Crippen molar-refractivity contribution in [3.8, 4) is 0 Å². The van der Waals surface area contributed by atoms with E-state index < -0.39 is 17.8 Å². The highest BCUT2D eigenvalue weighted by atomic mass is 16.7. The van der Waals surface area contributed by atoms with Crippen LogP contribution in [0.4, 0.5) is 0 Å². The average Bonchev–Trinajstić information content (AvgIpc) is 2.56. The summed E-state index contributed by atoms with van der Waals surface area (Å²) in [5, 5.41) is 2.91. The number of rotatable bonds is 2. The van der Waals surface area contributed by atoms with Gasteiger partial charge in [0.1, 0.15) is 0 Å². The maximum absolute atomic E-state index is 11.1. The molecule has 2 rings (SSSR count). The number of ether oxygens (including phenoxy) is 2. The zero-order valence-corrected chi connectivity index (χ0v) is 9.65. The Morgan fingerprint density at radius 1 is 1.18 bits per heavy atom. The third-order valence-electron chi connectivity index (χ3n) is 2.46. The molecule has 5 nitrogen and oxygen atoms in total. The molecule has 1 aliphatic rings. The molecule has 1 aromatic rings. The highest BCUT2D eigenvalue weighted by molar-refractivity contribution is 5.69. The van der Waals surface area contributed by atoms with Crippen LogP contribution in [-0.4, -0.2) is 11.9 Å². The lowest BCUT2D eigenvalue weighted by Crippen LogP contribution is -2.44. The lowest BCUT2D eigenvalue weighted by Gasteiger charge is -2.28. The quantitative estimate of drug-likeness (QED) is 0.612. The Kier molecular flexibility index (Phi) is 2.85. The second-order valence-electron chi connectivity index (χ2n) is 3.81. The maximum Gasteiger partial charge on any atom is 0.346 e. The van der Waals surface area contributed by atoms with Crippen molar-refractivity contribution < 1.29 is 19.1 Å². The van der Waals surface area contributed by atoms with Crippen molar-refractivity contribution >= 4 is 11.9 Å². The number of benzene rings is 1. The summed E-state index contributed by atoms with van der Waals surface area (Å²) in [6.45, 7) is 3.03. The van der Waals surface area contributed by atoms with Crippen molar-refractivity contribution in [1.82, 2.24) is 5.32 Å². The highest BCUT2D eigenvalue weighted by Gasteiger charge is 2.45. The van der Waals surface area contributed by atoms with E-state index in [0.717, 1.165) is 5.56 Å². The zero-order valence-electron chi connectivity index (χ0n) is 9.65. The van der Waals surface area contributed by atoms with E-state index in [1.807, 2.05) is 12.1 Å². The topological polar surface area (TPSA) is 64.6 Å². The summed E-state index contributed by atoms with van der Waals surface area (Å²) >= 11 is 0. The van der Waals surface area contributed by atoms with Gasteiger partial charge in [-0.1, -0.05) is 18.2 Å². The summed E-state index contributed by atoms with van der Waals surface area (Å²) in [4.78, 5) is 22.3. The molecule has 0 bridgehead atoms. The smallest absolute Gasteiger partial charge is 0.346 e. The van der Waals surface area contributed by atoms with E-state index in [-0.39, 0.29) is 0 Å². The van der Waals surface area contributed by atoms with E-state index in [4.69, 9.17) is 9.47 Å². The van der Waals surface area contributed by atoms with Gasteiger partial charge in [-0.2, -0.15) is 0 Å². The van der Waals surface area contributed by atoms with Crippen molar-refractivity contribution in [2.24, 2.45) is 0 Å². The molecule has 0 radical (unpaired) electrons. The van der Waals surface area contributed by atoms with Crippen molar-refractivity contribution in [3.05, 3.63) is 35.4 Å². The van der Waals surface area contributed by atoms with E-state index in [9.17, 15) is 9.59 Å². The molecule has 5 heteroatoms. The van der Waals surface area contributed by atoms with Gasteiger partial charge in [-0.3, -0.25) is 9.59 Å². The molecule has 1 heterocycles. The fraction of sp³-hybridized carbons (Fsp3) is 0.333. The van der Waals surface area contributed by atoms with Gasteiger partial charge in [0, 0.05) is 20.4 Å². The lowest BCUT2D eigenvalue weighted by atomic mass is 10.1. The van der Waals surface area contributed by atoms with Crippen LogP contribution in [0.15, 0.2) is 24.3 Å². The van der Waals surface area contributed by atoms with Crippen LogP contribution in [0, 0.1) is 0 Å². The second-order valence-corrected chi connectivity index (χ2v) is 3.81. The Bertz CT molecular complexity index is 453. The predicted octanol–water partition coefficient (Wildman–Crippen LogP) is 1.03. The van der Waals surface area contributed by atoms with Crippen LogP contribution in [0.2, 0.25) is 0 Å². The minimum atomic E-state index is -1.48. The Morgan fingerprint density at radius 3 is 2.35 bits per heavy atom. The van der Waals surface area contributed by atoms with Gasteiger partial charge in [-0.15, -0.1) is 0 Å². The van der Waals surface area contributed by atoms with E-state index in [1.54, 1.807) is 12.1 Å². The summed E-state index contributed by atoms with van der Waals surface area (Å²) in [5.74, 6) is -2.51. The molecular formula is C12H13NO4. The van der Waals surface area contributed by atoms with Crippen LogP contribution < -0.4 is 5.32 Å². The van der Waals surface area contributed by atoms with Gasteiger partial charge < -0.3 is 9.47 Å². The summed E-state index contributed by atoms with van der Waals surface area (Å²) in [5.41, 5.74) is 1.60. The van der Waals surface area contributed by atoms with E-state index in [1.165, 1.54) is 13.8 Å². The van der Waals surface area contributed by atoms with Crippen LogP contribution in [0.25, 0.3) is 0 Å². The maximum atomic E-state index is 11.1. The zero-order chi connectivity index (χ0) is 12.5. The predicted molar refractivity (Wildman–Crippen MR) is 58.5 cm³/mol. The van der Waals surface area contributed by atoms with Crippen LogP contribution >= 0.6 is 0 Å². The first kappa shape index (κ1) is 11.6. The SMILES string of the molecule is CC(=O)OC1(OC(C)=O)NCc2ccccc21. The summed E-state index contributed by atoms with van der Waals surface area (Å²) < 4.78 is 10.3. The minimum Gasteiger partial charge on any atom is -0.404 e. The number of fused-ring (bicyclic) bond motifs is 1. The molecule has 0 unspecified atom stereocenters.